The summed E-state index contributed by atoms with van der Waals surface area (Å²) < 4.78 is 29.1. The molecule has 2 aromatic carbocycles. The molecule has 1 aliphatic heterocycles. The van der Waals surface area contributed by atoms with Crippen molar-refractivity contribution in [2.75, 3.05) is 13.7 Å². The van der Waals surface area contributed by atoms with Crippen LogP contribution >= 0.6 is 34.5 Å². The van der Waals surface area contributed by atoms with E-state index in [-0.39, 0.29) is 10.8 Å². The van der Waals surface area contributed by atoms with E-state index in [1.54, 1.807) is 18.2 Å². The van der Waals surface area contributed by atoms with E-state index in [9.17, 15) is 8.42 Å². The van der Waals surface area contributed by atoms with E-state index in [2.05, 4.69) is 0 Å². The van der Waals surface area contributed by atoms with Crippen molar-refractivity contribution >= 4 is 44.6 Å². The Bertz CT molecular complexity index is 1090. The summed E-state index contributed by atoms with van der Waals surface area (Å²) in [6.45, 7) is 0.382. The van der Waals surface area contributed by atoms with Crippen LogP contribution in [0.25, 0.3) is 0 Å². The van der Waals surface area contributed by atoms with Gasteiger partial charge in [-0.1, -0.05) is 57.9 Å². The standard InChI is InChI=1S/C20H18Cl2N2O3S2/c1-27-23-13-17(14-5-3-2-4-6-14)20(18-11-12-19(22)28-18)24(23)29(25,26)16-9-7-15(21)8-10-16/h2-12,17,20H,13H2,1H3. The zero-order valence-electron chi connectivity index (χ0n) is 15.4. The summed E-state index contributed by atoms with van der Waals surface area (Å²) in [6.07, 6.45) is 0. The Hall–Kier alpha value is -1.45. The first-order valence-corrected chi connectivity index (χ1v) is 11.8. The van der Waals surface area contributed by atoms with Crippen LogP contribution in [0.2, 0.25) is 9.36 Å². The fourth-order valence-corrected chi connectivity index (χ4v) is 6.60. The van der Waals surface area contributed by atoms with Gasteiger partial charge in [0.2, 0.25) is 0 Å². The predicted octanol–water partition coefficient (Wildman–Crippen LogP) is 5.36. The SMILES string of the molecule is CON1CC(c2ccccc2)C(c2ccc(Cl)s2)N1S(=O)(=O)c1ccc(Cl)cc1. The fraction of sp³-hybridized carbons (Fsp3) is 0.200. The lowest BCUT2D eigenvalue weighted by Gasteiger charge is -2.29. The van der Waals surface area contributed by atoms with Gasteiger partial charge in [0.15, 0.2) is 0 Å². The average Bonchev–Trinajstić information content (AvgIpc) is 3.32. The molecule has 2 unspecified atom stereocenters. The van der Waals surface area contributed by atoms with Gasteiger partial charge >= 0.3 is 0 Å². The van der Waals surface area contributed by atoms with Crippen molar-refractivity contribution in [2.24, 2.45) is 0 Å². The van der Waals surface area contributed by atoms with Crippen LogP contribution in [0.15, 0.2) is 71.6 Å². The smallest absolute Gasteiger partial charge is 0.258 e. The highest BCUT2D eigenvalue weighted by atomic mass is 35.5. The molecular weight excluding hydrogens is 451 g/mol. The van der Waals surface area contributed by atoms with Crippen LogP contribution in [0, 0.1) is 0 Å². The van der Waals surface area contributed by atoms with Gasteiger partial charge in [0, 0.05) is 15.8 Å². The van der Waals surface area contributed by atoms with Gasteiger partial charge in [-0.15, -0.1) is 16.5 Å². The van der Waals surface area contributed by atoms with E-state index in [0.29, 0.717) is 15.9 Å². The Labute approximate surface area is 184 Å². The van der Waals surface area contributed by atoms with Crippen molar-refractivity contribution in [3.05, 3.63) is 86.5 Å². The second-order valence-corrected chi connectivity index (χ2v) is 10.5. The first kappa shape index (κ1) is 20.8. The third-order valence-corrected chi connectivity index (χ3v) is 8.20. The summed E-state index contributed by atoms with van der Waals surface area (Å²) >= 11 is 13.5. The molecule has 4 rings (SSSR count). The number of halogens is 2. The molecule has 0 amide bonds. The van der Waals surface area contributed by atoms with Crippen LogP contribution in [0.5, 0.6) is 0 Å². The number of thiophene rings is 1. The van der Waals surface area contributed by atoms with Crippen molar-refractivity contribution in [1.29, 1.82) is 0 Å². The minimum Gasteiger partial charge on any atom is -0.286 e. The largest absolute Gasteiger partial charge is 0.286 e. The maximum Gasteiger partial charge on any atom is 0.258 e. The third kappa shape index (κ3) is 3.96. The summed E-state index contributed by atoms with van der Waals surface area (Å²) in [5.41, 5.74) is 1.03. The van der Waals surface area contributed by atoms with Crippen LogP contribution in [0.3, 0.4) is 0 Å². The van der Waals surface area contributed by atoms with Gasteiger partial charge in [-0.3, -0.25) is 4.84 Å². The van der Waals surface area contributed by atoms with Crippen molar-refractivity contribution in [1.82, 2.24) is 9.59 Å². The number of benzene rings is 2. The zero-order valence-corrected chi connectivity index (χ0v) is 18.5. The minimum atomic E-state index is -3.91. The molecule has 0 spiro atoms. The average molecular weight is 469 g/mol. The number of hydroxylamine groups is 1. The van der Waals surface area contributed by atoms with Gasteiger partial charge in [-0.05, 0) is 42.0 Å². The first-order chi connectivity index (χ1) is 13.9. The molecule has 1 aromatic heterocycles. The van der Waals surface area contributed by atoms with Crippen molar-refractivity contribution in [2.45, 2.75) is 16.9 Å². The second kappa shape index (κ2) is 8.35. The molecular formula is C20H18Cl2N2O3S2. The highest BCUT2D eigenvalue weighted by molar-refractivity contribution is 7.89. The molecule has 2 atom stereocenters. The molecule has 1 saturated heterocycles. The third-order valence-electron chi connectivity index (χ3n) is 4.87. The number of hydrogen-bond donors (Lipinski definition) is 0. The highest BCUT2D eigenvalue weighted by Crippen LogP contribution is 2.48. The van der Waals surface area contributed by atoms with Crippen LogP contribution in [-0.4, -0.2) is 31.7 Å². The van der Waals surface area contributed by atoms with E-state index < -0.39 is 16.1 Å². The molecule has 0 bridgehead atoms. The van der Waals surface area contributed by atoms with Gasteiger partial charge in [0.25, 0.3) is 10.0 Å². The molecule has 0 radical (unpaired) electrons. The van der Waals surface area contributed by atoms with Crippen molar-refractivity contribution < 1.29 is 13.3 Å². The predicted molar refractivity (Wildman–Crippen MR) is 115 cm³/mol. The van der Waals surface area contributed by atoms with Crippen LogP contribution in [0.4, 0.5) is 0 Å². The Morgan fingerprint density at radius 2 is 1.69 bits per heavy atom. The monoisotopic (exact) mass is 468 g/mol. The minimum absolute atomic E-state index is 0.132. The summed E-state index contributed by atoms with van der Waals surface area (Å²) in [6, 6.07) is 19.1. The van der Waals surface area contributed by atoms with Crippen molar-refractivity contribution in [3.63, 3.8) is 0 Å². The molecule has 5 nitrogen and oxygen atoms in total. The summed E-state index contributed by atoms with van der Waals surface area (Å²) in [7, 11) is -2.44. The van der Waals surface area contributed by atoms with Crippen LogP contribution in [0.1, 0.15) is 22.4 Å². The summed E-state index contributed by atoms with van der Waals surface area (Å²) in [5, 5.41) is 1.87. The number of nitrogens with zero attached hydrogens (tertiary/aromatic N) is 2. The van der Waals surface area contributed by atoms with Gasteiger partial charge in [-0.25, -0.2) is 8.42 Å². The van der Waals surface area contributed by atoms with Gasteiger partial charge in [0.1, 0.15) is 0 Å². The quantitative estimate of drug-likeness (QED) is 0.505. The fourth-order valence-electron chi connectivity index (χ4n) is 3.56. The molecule has 0 aliphatic carbocycles. The maximum atomic E-state index is 13.6. The van der Waals surface area contributed by atoms with Gasteiger partial charge in [-0.2, -0.15) is 0 Å². The first-order valence-electron chi connectivity index (χ1n) is 8.83. The van der Waals surface area contributed by atoms with E-state index in [4.69, 9.17) is 28.0 Å². The normalized spacial score (nSPS) is 20.9. The Balaban J connectivity index is 1.86. The summed E-state index contributed by atoms with van der Waals surface area (Å²) in [4.78, 5) is 6.48. The Morgan fingerprint density at radius 3 is 2.28 bits per heavy atom. The Morgan fingerprint density at radius 1 is 1.00 bits per heavy atom. The van der Waals surface area contributed by atoms with Crippen LogP contribution in [-0.2, 0) is 14.9 Å². The topological polar surface area (TPSA) is 49.9 Å². The second-order valence-electron chi connectivity index (χ2n) is 6.55. The molecule has 9 heteroatoms. The lowest BCUT2D eigenvalue weighted by molar-refractivity contribution is -0.212. The van der Waals surface area contributed by atoms with E-state index in [0.717, 1.165) is 10.4 Å². The molecule has 2 heterocycles. The van der Waals surface area contributed by atoms with E-state index >= 15 is 0 Å². The zero-order chi connectivity index (χ0) is 20.6. The summed E-state index contributed by atoms with van der Waals surface area (Å²) in [5.74, 6) is -0.132. The molecule has 1 fully saturated rings. The van der Waals surface area contributed by atoms with E-state index in [1.165, 1.54) is 40.2 Å². The van der Waals surface area contributed by atoms with Crippen LogP contribution < -0.4 is 0 Å². The molecule has 29 heavy (non-hydrogen) atoms. The molecule has 0 N–H and O–H groups in total. The van der Waals surface area contributed by atoms with Crippen molar-refractivity contribution in [3.8, 4) is 0 Å². The number of hydrogen-bond acceptors (Lipinski definition) is 5. The highest BCUT2D eigenvalue weighted by Gasteiger charge is 2.49. The maximum absolute atomic E-state index is 13.6. The number of sulfonamides is 1. The van der Waals surface area contributed by atoms with Gasteiger partial charge in [0.05, 0.1) is 28.9 Å². The molecule has 1 aliphatic rings. The molecule has 0 saturated carbocycles. The Kier molecular flexibility index (Phi) is 5.99. The lowest BCUT2D eigenvalue weighted by Crippen LogP contribution is -2.41. The number of rotatable bonds is 5. The molecule has 152 valence electrons. The number of hydrazine groups is 1. The van der Waals surface area contributed by atoms with E-state index in [1.807, 2.05) is 36.4 Å². The van der Waals surface area contributed by atoms with Gasteiger partial charge < -0.3 is 0 Å². The molecule has 3 aromatic rings. The lowest BCUT2D eigenvalue weighted by atomic mass is 9.92.